The number of aliphatic hydroxyl groups is 4. The predicted molar refractivity (Wildman–Crippen MR) is 103 cm³/mol. The van der Waals surface area contributed by atoms with Crippen LogP contribution in [-0.2, 0) is 17.6 Å². The minimum absolute atomic E-state index is 0.427. The van der Waals surface area contributed by atoms with Gasteiger partial charge in [-0.1, -0.05) is 49.4 Å². The highest BCUT2D eigenvalue weighted by molar-refractivity contribution is 5.37. The first kappa shape index (κ1) is 20.0. The van der Waals surface area contributed by atoms with E-state index in [-0.39, 0.29) is 0 Å². The number of aliphatic hydroxyl groups excluding tert-OH is 4. The van der Waals surface area contributed by atoms with Crippen LogP contribution < -0.4 is 0 Å². The van der Waals surface area contributed by atoms with Gasteiger partial charge in [-0.25, -0.2) is 0 Å². The molecule has 1 heterocycles. The van der Waals surface area contributed by atoms with E-state index in [9.17, 15) is 20.4 Å². The number of benzene rings is 2. The van der Waals surface area contributed by atoms with Gasteiger partial charge < -0.3 is 25.2 Å². The molecule has 4 N–H and O–H groups in total. The maximum Gasteiger partial charge on any atom is 0.113 e. The minimum Gasteiger partial charge on any atom is -0.394 e. The Hall–Kier alpha value is -1.76. The second kappa shape index (κ2) is 8.50. The Kier molecular flexibility index (Phi) is 6.29. The van der Waals surface area contributed by atoms with Gasteiger partial charge in [-0.15, -0.1) is 0 Å². The van der Waals surface area contributed by atoms with Crippen LogP contribution in [0.2, 0.25) is 0 Å². The highest BCUT2D eigenvalue weighted by atomic mass is 16.5. The smallest absolute Gasteiger partial charge is 0.113 e. The average molecular weight is 372 g/mol. The number of aryl methyl sites for hydroxylation is 2. The van der Waals surface area contributed by atoms with E-state index in [1.54, 1.807) is 0 Å². The summed E-state index contributed by atoms with van der Waals surface area (Å²) in [6.07, 6.45) is -3.92. The predicted octanol–water partition coefficient (Wildman–Crippen LogP) is 1.66. The third-order valence-electron chi connectivity index (χ3n) is 5.42. The van der Waals surface area contributed by atoms with Gasteiger partial charge in [0.05, 0.1) is 6.61 Å². The Labute approximate surface area is 159 Å². The molecule has 2 aromatic rings. The lowest BCUT2D eigenvalue weighted by molar-refractivity contribution is -0.231. The van der Waals surface area contributed by atoms with Crippen molar-refractivity contribution in [2.24, 2.45) is 0 Å². The van der Waals surface area contributed by atoms with Crippen molar-refractivity contribution in [3.05, 3.63) is 70.3 Å². The zero-order valence-electron chi connectivity index (χ0n) is 15.7. The minimum atomic E-state index is -1.37. The fourth-order valence-electron chi connectivity index (χ4n) is 3.55. The van der Waals surface area contributed by atoms with Gasteiger partial charge >= 0.3 is 0 Å². The first-order valence-electron chi connectivity index (χ1n) is 9.42. The van der Waals surface area contributed by atoms with Gasteiger partial charge in [-0.2, -0.15) is 0 Å². The third-order valence-corrected chi connectivity index (χ3v) is 5.42. The summed E-state index contributed by atoms with van der Waals surface area (Å²) in [6, 6.07) is 14.3. The van der Waals surface area contributed by atoms with E-state index in [0.717, 1.165) is 29.5 Å². The second-order valence-corrected chi connectivity index (χ2v) is 7.28. The quantitative estimate of drug-likeness (QED) is 0.641. The Morgan fingerprint density at radius 1 is 0.889 bits per heavy atom. The topological polar surface area (TPSA) is 90.2 Å². The molecule has 1 fully saturated rings. The second-order valence-electron chi connectivity index (χ2n) is 7.28. The molecule has 1 aliphatic heterocycles. The van der Waals surface area contributed by atoms with Crippen molar-refractivity contribution in [3.63, 3.8) is 0 Å². The molecule has 5 heteroatoms. The van der Waals surface area contributed by atoms with Crippen molar-refractivity contribution >= 4 is 0 Å². The van der Waals surface area contributed by atoms with Gasteiger partial charge in [-0.05, 0) is 47.6 Å². The largest absolute Gasteiger partial charge is 0.394 e. The van der Waals surface area contributed by atoms with Crippen LogP contribution in [-0.4, -0.2) is 51.4 Å². The number of ether oxygens (including phenoxy) is 1. The monoisotopic (exact) mass is 372 g/mol. The van der Waals surface area contributed by atoms with E-state index in [1.165, 1.54) is 11.1 Å². The Bertz CT molecular complexity index is 756. The molecule has 0 amide bonds. The van der Waals surface area contributed by atoms with Crippen LogP contribution in [0.25, 0.3) is 0 Å². The molecule has 0 saturated carbocycles. The molecule has 1 aliphatic rings. The van der Waals surface area contributed by atoms with Crippen LogP contribution in [0.5, 0.6) is 0 Å². The van der Waals surface area contributed by atoms with Crippen molar-refractivity contribution in [3.8, 4) is 0 Å². The summed E-state index contributed by atoms with van der Waals surface area (Å²) in [5.74, 6) is 0. The lowest BCUT2D eigenvalue weighted by Gasteiger charge is -2.40. The van der Waals surface area contributed by atoms with Gasteiger partial charge in [-0.3, -0.25) is 0 Å². The van der Waals surface area contributed by atoms with E-state index in [4.69, 9.17) is 4.74 Å². The van der Waals surface area contributed by atoms with Gasteiger partial charge in [0.15, 0.2) is 0 Å². The standard InChI is InChI=1S/C22H28O5/c1-3-14-5-7-15(8-6-14)10-17-11-16(9-4-13(17)2)22-21(26)20(25)19(24)18(12-23)27-22/h4-9,11,18-26H,3,10,12H2,1-2H3/t18-,19+,20+,21-,22+/m1/s1. The molecule has 146 valence electrons. The van der Waals surface area contributed by atoms with E-state index < -0.39 is 37.1 Å². The van der Waals surface area contributed by atoms with E-state index in [1.807, 2.05) is 25.1 Å². The van der Waals surface area contributed by atoms with E-state index >= 15 is 0 Å². The maximum atomic E-state index is 10.4. The summed E-state index contributed by atoms with van der Waals surface area (Å²) in [4.78, 5) is 0. The Morgan fingerprint density at radius 3 is 2.19 bits per heavy atom. The van der Waals surface area contributed by atoms with Crippen LogP contribution in [0, 0.1) is 6.92 Å². The van der Waals surface area contributed by atoms with Gasteiger partial charge in [0.1, 0.15) is 30.5 Å². The molecule has 27 heavy (non-hydrogen) atoms. The van der Waals surface area contributed by atoms with Crippen LogP contribution in [0.1, 0.15) is 40.8 Å². The molecule has 5 nitrogen and oxygen atoms in total. The SMILES string of the molecule is CCc1ccc(Cc2cc([C@@H]3O[C@H](CO)[C@H](O)[C@H](O)[C@H]3O)ccc2C)cc1. The summed E-state index contributed by atoms with van der Waals surface area (Å²) < 4.78 is 5.68. The molecule has 0 aliphatic carbocycles. The number of hydrogen-bond donors (Lipinski definition) is 4. The van der Waals surface area contributed by atoms with Crippen molar-refractivity contribution in [2.75, 3.05) is 6.61 Å². The Morgan fingerprint density at radius 2 is 1.56 bits per heavy atom. The highest BCUT2D eigenvalue weighted by Crippen LogP contribution is 2.33. The van der Waals surface area contributed by atoms with Gasteiger partial charge in [0, 0.05) is 0 Å². The van der Waals surface area contributed by atoms with Crippen LogP contribution >= 0.6 is 0 Å². The zero-order chi connectivity index (χ0) is 19.6. The third kappa shape index (κ3) is 4.23. The first-order valence-corrected chi connectivity index (χ1v) is 9.42. The summed E-state index contributed by atoms with van der Waals surface area (Å²) in [5.41, 5.74) is 5.45. The Balaban J connectivity index is 1.85. The summed E-state index contributed by atoms with van der Waals surface area (Å²) in [5, 5.41) is 39.8. The van der Waals surface area contributed by atoms with Gasteiger partial charge in [0.25, 0.3) is 0 Å². The van der Waals surface area contributed by atoms with Crippen molar-refractivity contribution < 1.29 is 25.2 Å². The van der Waals surface area contributed by atoms with Crippen molar-refractivity contribution in [1.29, 1.82) is 0 Å². The molecule has 0 unspecified atom stereocenters. The summed E-state index contributed by atoms with van der Waals surface area (Å²) in [7, 11) is 0. The van der Waals surface area contributed by atoms with Crippen molar-refractivity contribution in [2.45, 2.75) is 57.2 Å². The van der Waals surface area contributed by atoms with Crippen molar-refractivity contribution in [1.82, 2.24) is 0 Å². The normalized spacial score (nSPS) is 28.3. The molecule has 1 saturated heterocycles. The van der Waals surface area contributed by atoms with E-state index in [0.29, 0.717) is 0 Å². The van der Waals surface area contributed by atoms with Crippen LogP contribution in [0.3, 0.4) is 0 Å². The maximum absolute atomic E-state index is 10.4. The van der Waals surface area contributed by atoms with Crippen LogP contribution in [0.4, 0.5) is 0 Å². The lowest BCUT2D eigenvalue weighted by atomic mass is 9.89. The molecule has 0 spiro atoms. The van der Waals surface area contributed by atoms with Gasteiger partial charge in [0.2, 0.25) is 0 Å². The molecular weight excluding hydrogens is 344 g/mol. The molecule has 5 atom stereocenters. The average Bonchev–Trinajstić information content (AvgIpc) is 2.69. The number of rotatable bonds is 5. The molecule has 0 bridgehead atoms. The fourth-order valence-corrected chi connectivity index (χ4v) is 3.55. The highest BCUT2D eigenvalue weighted by Gasteiger charge is 2.43. The molecule has 0 aromatic heterocycles. The lowest BCUT2D eigenvalue weighted by Crippen LogP contribution is -2.55. The molecule has 2 aromatic carbocycles. The zero-order valence-corrected chi connectivity index (χ0v) is 15.7. The van der Waals surface area contributed by atoms with E-state index in [2.05, 4.69) is 31.2 Å². The fraction of sp³-hybridized carbons (Fsp3) is 0.455. The van der Waals surface area contributed by atoms with Crippen LogP contribution in [0.15, 0.2) is 42.5 Å². The number of hydrogen-bond acceptors (Lipinski definition) is 5. The first-order chi connectivity index (χ1) is 12.9. The molecule has 3 rings (SSSR count). The summed E-state index contributed by atoms with van der Waals surface area (Å²) >= 11 is 0. The molecular formula is C22H28O5. The summed E-state index contributed by atoms with van der Waals surface area (Å²) in [6.45, 7) is 3.74. The molecule has 0 radical (unpaired) electrons.